The summed E-state index contributed by atoms with van der Waals surface area (Å²) in [6.45, 7) is 0.698. The van der Waals surface area contributed by atoms with E-state index in [9.17, 15) is 8.42 Å². The zero-order valence-electron chi connectivity index (χ0n) is 9.28. The largest absolute Gasteiger partial charge is 0.330 e. The van der Waals surface area contributed by atoms with Gasteiger partial charge in [0.05, 0.1) is 10.6 Å². The van der Waals surface area contributed by atoms with Crippen molar-refractivity contribution in [3.05, 3.63) is 29.3 Å². The quantitative estimate of drug-likeness (QED) is 0.806. The molecule has 1 aromatic rings. The summed E-state index contributed by atoms with van der Waals surface area (Å²) in [4.78, 5) is 0.553. The lowest BCUT2D eigenvalue weighted by molar-refractivity contribution is 0.600. The molecule has 4 heteroatoms. The molecule has 0 bridgehead atoms. The highest BCUT2D eigenvalue weighted by molar-refractivity contribution is 7.91. The monoisotopic (exact) mass is 239 g/mol. The zero-order valence-corrected chi connectivity index (χ0v) is 10.1. The average molecular weight is 239 g/mol. The van der Waals surface area contributed by atoms with Gasteiger partial charge in [-0.1, -0.05) is 12.1 Å². The molecule has 0 radical (unpaired) electrons. The first-order valence-electron chi connectivity index (χ1n) is 5.68. The molecule has 0 aliphatic carbocycles. The van der Waals surface area contributed by atoms with Crippen LogP contribution in [0, 0.1) is 0 Å². The van der Waals surface area contributed by atoms with Gasteiger partial charge in [0.15, 0.2) is 9.84 Å². The molecule has 1 aliphatic rings. The third-order valence-corrected chi connectivity index (χ3v) is 4.82. The van der Waals surface area contributed by atoms with Crippen molar-refractivity contribution in [3.63, 3.8) is 0 Å². The summed E-state index contributed by atoms with van der Waals surface area (Å²) in [6.07, 6.45) is 3.60. The minimum Gasteiger partial charge on any atom is -0.330 e. The molecular formula is C12H17NO2S. The predicted octanol–water partition coefficient (Wildman–Crippen LogP) is 1.30. The molecular weight excluding hydrogens is 222 g/mol. The Morgan fingerprint density at radius 1 is 1.25 bits per heavy atom. The smallest absolute Gasteiger partial charge is 0.178 e. The lowest BCUT2D eigenvalue weighted by atomic mass is 10.1. The molecule has 16 heavy (non-hydrogen) atoms. The molecule has 0 amide bonds. The Labute approximate surface area is 96.6 Å². The van der Waals surface area contributed by atoms with E-state index in [2.05, 4.69) is 0 Å². The molecule has 0 fully saturated rings. The van der Waals surface area contributed by atoms with E-state index < -0.39 is 9.84 Å². The van der Waals surface area contributed by atoms with Crippen LogP contribution in [0.4, 0.5) is 0 Å². The van der Waals surface area contributed by atoms with Crippen molar-refractivity contribution in [2.75, 3.05) is 12.3 Å². The SMILES string of the molecule is NCCCCc1ccc2c(c1)S(=O)(=O)CC2. The highest BCUT2D eigenvalue weighted by atomic mass is 32.2. The standard InChI is InChI=1S/C12H17NO2S/c13-7-2-1-3-10-4-5-11-6-8-16(14,15)12(11)9-10/h4-5,9H,1-3,6-8,13H2. The van der Waals surface area contributed by atoms with E-state index in [0.29, 0.717) is 17.9 Å². The molecule has 0 spiro atoms. The van der Waals surface area contributed by atoms with Crippen LogP contribution in [-0.2, 0) is 22.7 Å². The molecule has 0 atom stereocenters. The summed E-state index contributed by atoms with van der Waals surface area (Å²) >= 11 is 0. The summed E-state index contributed by atoms with van der Waals surface area (Å²) in [5.74, 6) is 0.272. The number of sulfone groups is 1. The fourth-order valence-electron chi connectivity index (χ4n) is 2.08. The first-order valence-corrected chi connectivity index (χ1v) is 7.33. The van der Waals surface area contributed by atoms with E-state index in [4.69, 9.17) is 5.73 Å². The third kappa shape index (κ3) is 2.28. The second-order valence-electron chi connectivity index (χ2n) is 4.26. The molecule has 0 saturated heterocycles. The van der Waals surface area contributed by atoms with Crippen molar-refractivity contribution in [2.45, 2.75) is 30.6 Å². The molecule has 2 rings (SSSR count). The number of benzene rings is 1. The van der Waals surface area contributed by atoms with Crippen LogP contribution in [0.5, 0.6) is 0 Å². The van der Waals surface area contributed by atoms with Crippen molar-refractivity contribution in [3.8, 4) is 0 Å². The van der Waals surface area contributed by atoms with Crippen molar-refractivity contribution in [2.24, 2.45) is 5.73 Å². The molecule has 2 N–H and O–H groups in total. The topological polar surface area (TPSA) is 60.2 Å². The number of unbranched alkanes of at least 4 members (excludes halogenated alkanes) is 1. The number of rotatable bonds is 4. The normalized spacial score (nSPS) is 17.3. The summed E-state index contributed by atoms with van der Waals surface area (Å²) in [6, 6.07) is 5.84. The first-order chi connectivity index (χ1) is 7.63. The molecule has 0 unspecified atom stereocenters. The van der Waals surface area contributed by atoms with Crippen molar-refractivity contribution in [1.29, 1.82) is 0 Å². The van der Waals surface area contributed by atoms with Crippen LogP contribution in [0.15, 0.2) is 23.1 Å². The fourth-order valence-corrected chi connectivity index (χ4v) is 3.69. The minimum absolute atomic E-state index is 0.272. The average Bonchev–Trinajstić information content (AvgIpc) is 2.56. The van der Waals surface area contributed by atoms with E-state index in [1.165, 1.54) is 0 Å². The molecule has 3 nitrogen and oxygen atoms in total. The van der Waals surface area contributed by atoms with Crippen molar-refractivity contribution in [1.82, 2.24) is 0 Å². The Morgan fingerprint density at radius 2 is 2.06 bits per heavy atom. The van der Waals surface area contributed by atoms with E-state index in [1.807, 2.05) is 18.2 Å². The van der Waals surface area contributed by atoms with Crippen LogP contribution in [-0.4, -0.2) is 20.7 Å². The van der Waals surface area contributed by atoms with Crippen LogP contribution < -0.4 is 5.73 Å². The Morgan fingerprint density at radius 3 is 2.81 bits per heavy atom. The molecule has 0 aromatic heterocycles. The van der Waals surface area contributed by atoms with Gasteiger partial charge in [0.1, 0.15) is 0 Å². The number of hydrogen-bond donors (Lipinski definition) is 1. The van der Waals surface area contributed by atoms with Gasteiger partial charge in [-0.2, -0.15) is 0 Å². The highest BCUT2D eigenvalue weighted by Crippen LogP contribution is 2.27. The molecule has 1 heterocycles. The zero-order chi connectivity index (χ0) is 11.6. The Balaban J connectivity index is 2.19. The molecule has 1 aromatic carbocycles. The van der Waals surface area contributed by atoms with Crippen LogP contribution in [0.25, 0.3) is 0 Å². The van der Waals surface area contributed by atoms with Crippen LogP contribution in [0.2, 0.25) is 0 Å². The van der Waals surface area contributed by atoms with Gasteiger partial charge in [0.2, 0.25) is 0 Å². The van der Waals surface area contributed by atoms with Crippen LogP contribution in [0.1, 0.15) is 24.0 Å². The maximum atomic E-state index is 11.7. The lowest BCUT2D eigenvalue weighted by Gasteiger charge is -2.04. The van der Waals surface area contributed by atoms with E-state index in [-0.39, 0.29) is 5.75 Å². The van der Waals surface area contributed by atoms with Gasteiger partial charge in [-0.15, -0.1) is 0 Å². The van der Waals surface area contributed by atoms with Gasteiger partial charge >= 0.3 is 0 Å². The Kier molecular flexibility index (Phi) is 3.30. The number of nitrogens with two attached hydrogens (primary N) is 1. The van der Waals surface area contributed by atoms with Gasteiger partial charge < -0.3 is 5.73 Å². The fraction of sp³-hybridized carbons (Fsp3) is 0.500. The molecule has 1 aliphatic heterocycles. The second-order valence-corrected chi connectivity index (χ2v) is 6.33. The predicted molar refractivity (Wildman–Crippen MR) is 64.2 cm³/mol. The van der Waals surface area contributed by atoms with E-state index in [1.54, 1.807) is 0 Å². The summed E-state index contributed by atoms with van der Waals surface area (Å²) < 4.78 is 23.4. The van der Waals surface area contributed by atoms with Crippen LogP contribution in [0.3, 0.4) is 0 Å². The van der Waals surface area contributed by atoms with Crippen molar-refractivity contribution < 1.29 is 8.42 Å². The van der Waals surface area contributed by atoms with Gasteiger partial charge in [0.25, 0.3) is 0 Å². The minimum atomic E-state index is -2.98. The van der Waals surface area contributed by atoms with Gasteiger partial charge in [-0.05, 0) is 49.4 Å². The lowest BCUT2D eigenvalue weighted by Crippen LogP contribution is -2.01. The third-order valence-electron chi connectivity index (χ3n) is 3.03. The van der Waals surface area contributed by atoms with Gasteiger partial charge in [-0.3, -0.25) is 0 Å². The second kappa shape index (κ2) is 4.55. The number of fused-ring (bicyclic) bond motifs is 1. The van der Waals surface area contributed by atoms with E-state index >= 15 is 0 Å². The Bertz CT molecular complexity index is 480. The van der Waals surface area contributed by atoms with Crippen LogP contribution >= 0.6 is 0 Å². The summed E-state index contributed by atoms with van der Waals surface area (Å²) in [5, 5.41) is 0. The van der Waals surface area contributed by atoms with E-state index in [0.717, 1.165) is 30.4 Å². The maximum absolute atomic E-state index is 11.7. The number of aryl methyl sites for hydroxylation is 2. The first kappa shape index (κ1) is 11.6. The van der Waals surface area contributed by atoms with Gasteiger partial charge in [0, 0.05) is 0 Å². The number of hydrogen-bond acceptors (Lipinski definition) is 3. The van der Waals surface area contributed by atoms with Gasteiger partial charge in [-0.25, -0.2) is 8.42 Å². The molecule has 88 valence electrons. The summed E-state index contributed by atoms with van der Waals surface area (Å²) in [5.41, 5.74) is 7.51. The molecule has 0 saturated carbocycles. The Hall–Kier alpha value is -0.870. The highest BCUT2D eigenvalue weighted by Gasteiger charge is 2.25. The maximum Gasteiger partial charge on any atom is 0.178 e. The summed E-state index contributed by atoms with van der Waals surface area (Å²) in [7, 11) is -2.98. The van der Waals surface area contributed by atoms with Crippen molar-refractivity contribution >= 4 is 9.84 Å².